The molecule has 2 saturated heterocycles. The lowest BCUT2D eigenvalue weighted by Crippen LogP contribution is -2.27. The van der Waals surface area contributed by atoms with Crippen LogP contribution in [-0.2, 0) is 9.47 Å². The number of hydrogen-bond acceptors (Lipinski definition) is 2. The minimum atomic E-state index is -0.175. The first-order valence-electron chi connectivity index (χ1n) is 5.27. The maximum Gasteiger partial charge on any atom is 0.168 e. The Hall–Kier alpha value is -0.340. The van der Waals surface area contributed by atoms with Gasteiger partial charge in [0, 0.05) is 12.8 Å². The summed E-state index contributed by atoms with van der Waals surface area (Å²) >= 11 is 0. The van der Waals surface area contributed by atoms with E-state index in [-0.39, 0.29) is 5.79 Å². The molecule has 1 spiro atoms. The van der Waals surface area contributed by atoms with Crippen molar-refractivity contribution in [1.82, 2.24) is 0 Å². The second-order valence-electron chi connectivity index (χ2n) is 4.01. The van der Waals surface area contributed by atoms with Gasteiger partial charge in [-0.1, -0.05) is 6.08 Å². The van der Waals surface area contributed by atoms with Crippen molar-refractivity contribution in [1.29, 1.82) is 0 Å². The SMILES string of the molecule is C=CCC[C@H]1CCC2(CCCO2)O1. The van der Waals surface area contributed by atoms with Gasteiger partial charge < -0.3 is 9.47 Å². The fourth-order valence-electron chi connectivity index (χ4n) is 2.27. The van der Waals surface area contributed by atoms with Gasteiger partial charge in [-0.05, 0) is 25.7 Å². The van der Waals surface area contributed by atoms with Gasteiger partial charge in [-0.15, -0.1) is 6.58 Å². The Morgan fingerprint density at radius 2 is 2.38 bits per heavy atom. The van der Waals surface area contributed by atoms with Crippen molar-refractivity contribution in [2.45, 2.75) is 50.4 Å². The summed E-state index contributed by atoms with van der Waals surface area (Å²) in [5, 5.41) is 0. The van der Waals surface area contributed by atoms with Crippen molar-refractivity contribution in [2.75, 3.05) is 6.61 Å². The van der Waals surface area contributed by atoms with Crippen LogP contribution in [0.2, 0.25) is 0 Å². The van der Waals surface area contributed by atoms with Crippen molar-refractivity contribution in [3.63, 3.8) is 0 Å². The summed E-state index contributed by atoms with van der Waals surface area (Å²) in [6.45, 7) is 4.61. The molecular formula is C11H18O2. The molecule has 0 aromatic carbocycles. The van der Waals surface area contributed by atoms with Crippen molar-refractivity contribution >= 4 is 0 Å². The summed E-state index contributed by atoms with van der Waals surface area (Å²) in [6, 6.07) is 0. The highest BCUT2D eigenvalue weighted by molar-refractivity contribution is 4.85. The zero-order valence-corrected chi connectivity index (χ0v) is 8.13. The highest BCUT2D eigenvalue weighted by atomic mass is 16.7. The van der Waals surface area contributed by atoms with Crippen LogP contribution < -0.4 is 0 Å². The van der Waals surface area contributed by atoms with Gasteiger partial charge in [-0.3, -0.25) is 0 Å². The highest BCUT2D eigenvalue weighted by Crippen LogP contribution is 2.40. The molecule has 74 valence electrons. The Labute approximate surface area is 79.9 Å². The zero-order valence-electron chi connectivity index (χ0n) is 8.13. The molecular weight excluding hydrogens is 164 g/mol. The molecule has 2 aliphatic rings. The summed E-state index contributed by atoms with van der Waals surface area (Å²) in [6.07, 6.45) is 9.05. The van der Waals surface area contributed by atoms with Crippen LogP contribution in [0.5, 0.6) is 0 Å². The van der Waals surface area contributed by atoms with Crippen LogP contribution in [0.3, 0.4) is 0 Å². The summed E-state index contributed by atoms with van der Waals surface area (Å²) < 4.78 is 11.6. The largest absolute Gasteiger partial charge is 0.350 e. The van der Waals surface area contributed by atoms with E-state index in [1.807, 2.05) is 6.08 Å². The standard InChI is InChI=1S/C11H18O2/c1-2-3-5-10-6-8-11(13-10)7-4-9-12-11/h2,10H,1,3-9H2/t10-,11?/m0/s1. The third-order valence-corrected chi connectivity index (χ3v) is 2.99. The molecule has 0 N–H and O–H groups in total. The monoisotopic (exact) mass is 182 g/mol. The van der Waals surface area contributed by atoms with E-state index in [9.17, 15) is 0 Å². The quantitative estimate of drug-likeness (QED) is 0.625. The molecule has 2 heterocycles. The van der Waals surface area contributed by atoms with Crippen LogP contribution in [0, 0.1) is 0 Å². The summed E-state index contributed by atoms with van der Waals surface area (Å²) in [5.74, 6) is -0.175. The Morgan fingerprint density at radius 1 is 1.46 bits per heavy atom. The molecule has 2 aliphatic heterocycles. The summed E-state index contributed by atoms with van der Waals surface area (Å²) in [7, 11) is 0. The molecule has 2 rings (SSSR count). The molecule has 0 radical (unpaired) electrons. The smallest absolute Gasteiger partial charge is 0.168 e. The molecule has 0 aliphatic carbocycles. The van der Waals surface area contributed by atoms with Crippen molar-refractivity contribution in [3.05, 3.63) is 12.7 Å². The van der Waals surface area contributed by atoms with Gasteiger partial charge in [-0.25, -0.2) is 0 Å². The number of hydrogen-bond donors (Lipinski definition) is 0. The summed E-state index contributed by atoms with van der Waals surface area (Å²) in [5.41, 5.74) is 0. The van der Waals surface area contributed by atoms with E-state index in [4.69, 9.17) is 9.47 Å². The van der Waals surface area contributed by atoms with Crippen LogP contribution in [0.4, 0.5) is 0 Å². The molecule has 2 atom stereocenters. The molecule has 0 aromatic rings. The van der Waals surface area contributed by atoms with E-state index in [1.54, 1.807) is 0 Å². The molecule has 0 saturated carbocycles. The van der Waals surface area contributed by atoms with Crippen LogP contribution in [0.25, 0.3) is 0 Å². The third kappa shape index (κ3) is 1.94. The Bertz CT molecular complexity index is 183. The second-order valence-corrected chi connectivity index (χ2v) is 4.01. The first-order chi connectivity index (χ1) is 6.35. The van der Waals surface area contributed by atoms with Gasteiger partial charge in [-0.2, -0.15) is 0 Å². The third-order valence-electron chi connectivity index (χ3n) is 2.99. The molecule has 13 heavy (non-hydrogen) atoms. The van der Waals surface area contributed by atoms with Gasteiger partial charge in [0.05, 0.1) is 12.7 Å². The average Bonchev–Trinajstić information content (AvgIpc) is 2.74. The minimum Gasteiger partial charge on any atom is -0.350 e. The van der Waals surface area contributed by atoms with E-state index >= 15 is 0 Å². The molecule has 0 bridgehead atoms. The number of rotatable bonds is 3. The molecule has 1 unspecified atom stereocenters. The molecule has 2 heteroatoms. The van der Waals surface area contributed by atoms with E-state index in [2.05, 4.69) is 6.58 Å². The van der Waals surface area contributed by atoms with E-state index in [0.29, 0.717) is 6.10 Å². The van der Waals surface area contributed by atoms with Gasteiger partial charge in [0.1, 0.15) is 0 Å². The minimum absolute atomic E-state index is 0.175. The zero-order chi connectivity index (χ0) is 9.15. The topological polar surface area (TPSA) is 18.5 Å². The van der Waals surface area contributed by atoms with Crippen molar-refractivity contribution in [3.8, 4) is 0 Å². The molecule has 2 nitrogen and oxygen atoms in total. The number of ether oxygens (including phenoxy) is 2. The predicted molar refractivity (Wildman–Crippen MR) is 51.5 cm³/mol. The predicted octanol–water partition coefficient (Wildman–Crippen LogP) is 2.64. The van der Waals surface area contributed by atoms with Crippen molar-refractivity contribution in [2.24, 2.45) is 0 Å². The van der Waals surface area contributed by atoms with Gasteiger partial charge >= 0.3 is 0 Å². The van der Waals surface area contributed by atoms with Crippen molar-refractivity contribution < 1.29 is 9.47 Å². The van der Waals surface area contributed by atoms with Gasteiger partial charge in [0.2, 0.25) is 0 Å². The Balaban J connectivity index is 1.82. The molecule has 2 fully saturated rings. The average molecular weight is 182 g/mol. The molecule has 0 aromatic heterocycles. The fourth-order valence-corrected chi connectivity index (χ4v) is 2.27. The fraction of sp³-hybridized carbons (Fsp3) is 0.818. The normalized spacial score (nSPS) is 38.6. The maximum absolute atomic E-state index is 5.94. The van der Waals surface area contributed by atoms with Crippen LogP contribution in [0.1, 0.15) is 38.5 Å². The Kier molecular flexibility index (Phi) is 2.70. The number of allylic oxidation sites excluding steroid dienone is 1. The van der Waals surface area contributed by atoms with Crippen LogP contribution in [0.15, 0.2) is 12.7 Å². The lowest BCUT2D eigenvalue weighted by molar-refractivity contribution is -0.199. The second kappa shape index (κ2) is 3.81. The summed E-state index contributed by atoms with van der Waals surface area (Å²) in [4.78, 5) is 0. The van der Waals surface area contributed by atoms with Crippen LogP contribution in [-0.4, -0.2) is 18.5 Å². The maximum atomic E-state index is 5.94. The lowest BCUT2D eigenvalue weighted by Gasteiger charge is -2.22. The van der Waals surface area contributed by atoms with E-state index in [0.717, 1.165) is 45.1 Å². The first kappa shape index (κ1) is 9.22. The lowest BCUT2D eigenvalue weighted by atomic mass is 10.1. The Morgan fingerprint density at radius 3 is 3.08 bits per heavy atom. The van der Waals surface area contributed by atoms with E-state index < -0.39 is 0 Å². The van der Waals surface area contributed by atoms with E-state index in [1.165, 1.54) is 0 Å². The molecule has 0 amide bonds. The van der Waals surface area contributed by atoms with Gasteiger partial charge in [0.25, 0.3) is 0 Å². The van der Waals surface area contributed by atoms with Gasteiger partial charge in [0.15, 0.2) is 5.79 Å². The van der Waals surface area contributed by atoms with Crippen LogP contribution >= 0.6 is 0 Å². The highest BCUT2D eigenvalue weighted by Gasteiger charge is 2.43. The first-order valence-corrected chi connectivity index (χ1v) is 5.27.